The second-order valence-corrected chi connectivity index (χ2v) is 7.22. The van der Waals surface area contributed by atoms with Crippen molar-refractivity contribution < 1.29 is 18.3 Å². The molecule has 0 unspecified atom stereocenters. The summed E-state index contributed by atoms with van der Waals surface area (Å²) in [5.41, 5.74) is 2.81. The Kier molecular flexibility index (Phi) is 5.71. The van der Waals surface area contributed by atoms with Gasteiger partial charge >= 0.3 is 0 Å². The number of aromatic nitrogens is 2. The number of anilines is 1. The summed E-state index contributed by atoms with van der Waals surface area (Å²) >= 11 is 5.12. The number of aryl methyl sites for hydroxylation is 2. The van der Waals surface area contributed by atoms with Crippen LogP contribution in [0.2, 0.25) is 0 Å². The van der Waals surface area contributed by atoms with Crippen LogP contribution in [0.25, 0.3) is 0 Å². The van der Waals surface area contributed by atoms with Gasteiger partial charge in [0.15, 0.2) is 6.61 Å². The number of nitrogens with one attached hydrogen (secondary N) is 1. The van der Waals surface area contributed by atoms with Gasteiger partial charge in [0.05, 0.1) is 5.69 Å². The van der Waals surface area contributed by atoms with Gasteiger partial charge in [0.25, 0.3) is 10.7 Å². The Morgan fingerprint density at radius 1 is 1.21 bits per heavy atom. The van der Waals surface area contributed by atoms with Gasteiger partial charge < -0.3 is 14.5 Å². The van der Waals surface area contributed by atoms with Crippen molar-refractivity contribution in [2.75, 3.05) is 5.32 Å². The predicted octanol–water partition coefficient (Wildman–Crippen LogP) is 4.44. The van der Waals surface area contributed by atoms with Gasteiger partial charge in [-0.15, -0.1) is 5.10 Å². The highest BCUT2D eigenvalue weighted by molar-refractivity contribution is 7.71. The van der Waals surface area contributed by atoms with E-state index in [-0.39, 0.29) is 29.6 Å². The lowest BCUT2D eigenvalue weighted by Gasteiger charge is -2.16. The first-order valence-electron chi connectivity index (χ1n) is 9.44. The lowest BCUT2D eigenvalue weighted by molar-refractivity contribution is -0.117. The van der Waals surface area contributed by atoms with Gasteiger partial charge in [0.1, 0.15) is 18.1 Å². The number of para-hydroxylation sites is 1. The van der Waals surface area contributed by atoms with Crippen LogP contribution in [0.1, 0.15) is 29.9 Å². The molecule has 1 aromatic heterocycles. The SMILES string of the molecule is O=C(Cn1nc(COc2ccc3c(c2)CCCC3)oc1=S)Nc1ccccc1F. The van der Waals surface area contributed by atoms with E-state index in [0.29, 0.717) is 0 Å². The Labute approximate surface area is 172 Å². The second kappa shape index (κ2) is 8.57. The van der Waals surface area contributed by atoms with Gasteiger partial charge in [-0.2, -0.15) is 0 Å². The quantitative estimate of drug-likeness (QED) is 0.605. The normalized spacial score (nSPS) is 13.0. The zero-order chi connectivity index (χ0) is 20.2. The van der Waals surface area contributed by atoms with Crippen molar-refractivity contribution >= 4 is 23.8 Å². The molecule has 0 radical (unpaired) electrons. The zero-order valence-corrected chi connectivity index (χ0v) is 16.5. The number of carbonyl (C=O) groups excluding carboxylic acids is 1. The Bertz CT molecular complexity index is 1090. The maximum Gasteiger partial charge on any atom is 0.287 e. The largest absolute Gasteiger partial charge is 0.484 e. The van der Waals surface area contributed by atoms with E-state index in [2.05, 4.69) is 22.5 Å². The maximum atomic E-state index is 13.6. The molecule has 1 heterocycles. The first kappa shape index (κ1) is 19.3. The third-order valence-corrected chi connectivity index (χ3v) is 5.07. The van der Waals surface area contributed by atoms with Crippen molar-refractivity contribution in [3.63, 3.8) is 0 Å². The van der Waals surface area contributed by atoms with E-state index in [1.807, 2.05) is 6.07 Å². The topological polar surface area (TPSA) is 69.3 Å². The molecule has 8 heteroatoms. The molecule has 0 spiro atoms. The standard InChI is InChI=1S/C21H20FN3O3S/c22-17-7-3-4-8-18(17)23-19(26)12-25-21(29)28-20(24-25)13-27-16-10-9-14-5-1-2-6-15(14)11-16/h3-4,7-11H,1-2,5-6,12-13H2,(H,23,26). The van der Waals surface area contributed by atoms with Crippen molar-refractivity contribution in [2.24, 2.45) is 0 Å². The molecule has 6 nitrogen and oxygen atoms in total. The predicted molar refractivity (Wildman–Crippen MR) is 108 cm³/mol. The number of benzene rings is 2. The third kappa shape index (κ3) is 4.71. The molecular weight excluding hydrogens is 393 g/mol. The van der Waals surface area contributed by atoms with Crippen LogP contribution < -0.4 is 10.1 Å². The highest BCUT2D eigenvalue weighted by Gasteiger charge is 2.13. The molecule has 1 amide bonds. The highest BCUT2D eigenvalue weighted by Crippen LogP contribution is 2.25. The van der Waals surface area contributed by atoms with Crippen LogP contribution >= 0.6 is 12.2 Å². The van der Waals surface area contributed by atoms with E-state index < -0.39 is 11.7 Å². The van der Waals surface area contributed by atoms with Gasteiger partial charge in [-0.1, -0.05) is 18.2 Å². The van der Waals surface area contributed by atoms with Crippen LogP contribution in [0, 0.1) is 10.7 Å². The molecule has 0 bridgehead atoms. The summed E-state index contributed by atoms with van der Waals surface area (Å²) in [6.07, 6.45) is 4.61. The fourth-order valence-corrected chi connectivity index (χ4v) is 3.54. The minimum atomic E-state index is -0.510. The van der Waals surface area contributed by atoms with E-state index in [9.17, 15) is 9.18 Å². The van der Waals surface area contributed by atoms with E-state index in [4.69, 9.17) is 21.4 Å². The van der Waals surface area contributed by atoms with Crippen molar-refractivity contribution in [2.45, 2.75) is 38.8 Å². The number of amides is 1. The first-order chi connectivity index (χ1) is 14.1. The summed E-state index contributed by atoms with van der Waals surface area (Å²) in [5, 5.41) is 6.67. The van der Waals surface area contributed by atoms with Gasteiger partial charge in [-0.3, -0.25) is 4.79 Å². The third-order valence-electron chi connectivity index (χ3n) is 4.77. The molecule has 3 aromatic rings. The van der Waals surface area contributed by atoms with Crippen molar-refractivity contribution in [3.05, 3.63) is 70.1 Å². The summed E-state index contributed by atoms with van der Waals surface area (Å²) in [7, 11) is 0. The first-order valence-corrected chi connectivity index (χ1v) is 9.85. The van der Waals surface area contributed by atoms with Gasteiger partial charge in [0.2, 0.25) is 5.91 Å². The number of fused-ring (bicyclic) bond motifs is 1. The monoisotopic (exact) mass is 413 g/mol. The summed E-state index contributed by atoms with van der Waals surface area (Å²) in [6.45, 7) is -0.0835. The van der Waals surface area contributed by atoms with E-state index in [1.165, 1.54) is 40.8 Å². The van der Waals surface area contributed by atoms with Gasteiger partial charge in [-0.25, -0.2) is 9.07 Å². The maximum absolute atomic E-state index is 13.6. The second-order valence-electron chi connectivity index (χ2n) is 6.87. The molecule has 150 valence electrons. The fraction of sp³-hybridized carbons (Fsp3) is 0.286. The molecule has 2 aromatic carbocycles. The molecule has 0 fully saturated rings. The van der Waals surface area contributed by atoms with Crippen LogP contribution in [-0.4, -0.2) is 15.7 Å². The highest BCUT2D eigenvalue weighted by atomic mass is 32.1. The molecule has 1 aliphatic rings. The lowest BCUT2D eigenvalue weighted by atomic mass is 9.92. The number of ether oxygens (including phenoxy) is 1. The summed E-state index contributed by atoms with van der Waals surface area (Å²) < 4.78 is 26.1. The summed E-state index contributed by atoms with van der Waals surface area (Å²) in [4.78, 5) is 12.2. The van der Waals surface area contributed by atoms with Crippen molar-refractivity contribution in [3.8, 4) is 5.75 Å². The van der Waals surface area contributed by atoms with Crippen LogP contribution in [0.15, 0.2) is 46.9 Å². The van der Waals surface area contributed by atoms with Gasteiger partial charge in [-0.05, 0) is 73.3 Å². The van der Waals surface area contributed by atoms with Crippen LogP contribution in [-0.2, 0) is 30.8 Å². The number of hydrogen-bond donors (Lipinski definition) is 1. The minimum Gasteiger partial charge on any atom is -0.484 e. The Hall–Kier alpha value is -3.00. The summed E-state index contributed by atoms with van der Waals surface area (Å²) in [6, 6.07) is 12.0. The number of rotatable bonds is 6. The number of hydrogen-bond acceptors (Lipinski definition) is 5. The van der Waals surface area contributed by atoms with Crippen LogP contribution in [0.4, 0.5) is 10.1 Å². The zero-order valence-electron chi connectivity index (χ0n) is 15.7. The molecule has 29 heavy (non-hydrogen) atoms. The molecule has 1 aliphatic carbocycles. The number of carbonyl (C=O) groups is 1. The Morgan fingerprint density at radius 3 is 2.83 bits per heavy atom. The molecule has 4 rings (SSSR count). The lowest BCUT2D eigenvalue weighted by Crippen LogP contribution is -2.20. The summed E-state index contributed by atoms with van der Waals surface area (Å²) in [5.74, 6) is 0.0513. The molecule has 0 saturated carbocycles. The molecular formula is C21H20FN3O3S. The molecule has 0 saturated heterocycles. The number of nitrogens with zero attached hydrogens (tertiary/aromatic N) is 2. The number of halogens is 1. The smallest absolute Gasteiger partial charge is 0.287 e. The average molecular weight is 413 g/mol. The molecule has 0 atom stereocenters. The Morgan fingerprint density at radius 2 is 2.00 bits per heavy atom. The van der Waals surface area contributed by atoms with Gasteiger partial charge in [0, 0.05) is 0 Å². The average Bonchev–Trinajstić information content (AvgIpc) is 3.07. The van der Waals surface area contributed by atoms with Crippen molar-refractivity contribution in [1.82, 2.24) is 9.78 Å². The molecule has 0 aliphatic heterocycles. The van der Waals surface area contributed by atoms with E-state index in [0.717, 1.165) is 18.6 Å². The van der Waals surface area contributed by atoms with E-state index in [1.54, 1.807) is 12.1 Å². The van der Waals surface area contributed by atoms with Crippen LogP contribution in [0.5, 0.6) is 5.75 Å². The van der Waals surface area contributed by atoms with Crippen molar-refractivity contribution in [1.29, 1.82) is 0 Å². The van der Waals surface area contributed by atoms with Crippen LogP contribution in [0.3, 0.4) is 0 Å². The fourth-order valence-electron chi connectivity index (χ4n) is 3.34. The minimum absolute atomic E-state index is 0.0534. The van der Waals surface area contributed by atoms with E-state index >= 15 is 0 Å². The Balaban J connectivity index is 1.37. The molecule has 1 N–H and O–H groups in total.